The van der Waals surface area contributed by atoms with Gasteiger partial charge in [0.25, 0.3) is 0 Å². The van der Waals surface area contributed by atoms with Crippen molar-refractivity contribution >= 4 is 23.3 Å². The predicted octanol–water partition coefficient (Wildman–Crippen LogP) is 1.47. The highest BCUT2D eigenvalue weighted by Crippen LogP contribution is 2.26. The predicted molar refractivity (Wildman–Crippen MR) is 75.3 cm³/mol. The molecule has 0 aliphatic heterocycles. The number of nitrogens with two attached hydrogens (primary N) is 2. The summed E-state index contributed by atoms with van der Waals surface area (Å²) in [7, 11) is 0. The highest BCUT2D eigenvalue weighted by atomic mass is 16.5. The molecule has 108 valence electrons. The second-order valence-electron chi connectivity index (χ2n) is 4.23. The monoisotopic (exact) mass is 288 g/mol. The number of hydrogen-bond acceptors (Lipinski definition) is 6. The lowest BCUT2D eigenvalue weighted by Crippen LogP contribution is -2.12. The number of benzene rings is 2. The molecule has 0 fully saturated rings. The third-order valence-corrected chi connectivity index (χ3v) is 2.68. The zero-order chi connectivity index (χ0) is 15.6. The average Bonchev–Trinajstić information content (AvgIpc) is 2.41. The molecule has 0 aliphatic rings. The Morgan fingerprint density at radius 3 is 2.24 bits per heavy atom. The summed E-state index contributed by atoms with van der Waals surface area (Å²) in [6, 6.07) is 7.69. The number of phenols is 1. The molecule has 0 unspecified atom stereocenters. The van der Waals surface area contributed by atoms with Crippen molar-refractivity contribution in [2.24, 2.45) is 0 Å². The van der Waals surface area contributed by atoms with Gasteiger partial charge in [-0.2, -0.15) is 0 Å². The van der Waals surface area contributed by atoms with E-state index in [0.29, 0.717) is 0 Å². The number of carbonyl (C=O) groups is 2. The number of phenolic OH excluding ortho intramolecular Hbond substituents is 1. The number of carboxylic acids is 1. The fraction of sp³-hybridized carbons (Fsp3) is 0. The molecule has 0 aromatic heterocycles. The lowest BCUT2D eigenvalue weighted by atomic mass is 10.1. The molecule has 0 saturated heterocycles. The van der Waals surface area contributed by atoms with Gasteiger partial charge in [0.2, 0.25) is 0 Å². The Labute approximate surface area is 119 Å². The van der Waals surface area contributed by atoms with E-state index in [9.17, 15) is 14.7 Å². The summed E-state index contributed by atoms with van der Waals surface area (Å²) < 4.78 is 4.99. The largest absolute Gasteiger partial charge is 0.507 e. The van der Waals surface area contributed by atoms with Crippen LogP contribution in [0.25, 0.3) is 0 Å². The molecule has 2 aromatic carbocycles. The SMILES string of the molecule is Nc1ccc(C(=O)O)c(OC(=O)c2cc(N)ccc2O)c1. The van der Waals surface area contributed by atoms with Gasteiger partial charge in [-0.25, -0.2) is 9.59 Å². The maximum Gasteiger partial charge on any atom is 0.347 e. The molecule has 6 N–H and O–H groups in total. The van der Waals surface area contributed by atoms with Gasteiger partial charge in [-0.05, 0) is 30.3 Å². The molecule has 2 aromatic rings. The van der Waals surface area contributed by atoms with E-state index in [1.54, 1.807) is 0 Å². The smallest absolute Gasteiger partial charge is 0.347 e. The van der Waals surface area contributed by atoms with Gasteiger partial charge in [-0.3, -0.25) is 0 Å². The van der Waals surface area contributed by atoms with Crippen molar-refractivity contribution < 1.29 is 24.5 Å². The molecular formula is C14H12N2O5. The van der Waals surface area contributed by atoms with Crippen molar-refractivity contribution in [3.63, 3.8) is 0 Å². The van der Waals surface area contributed by atoms with Gasteiger partial charge in [0, 0.05) is 17.4 Å². The van der Waals surface area contributed by atoms with Gasteiger partial charge in [-0.1, -0.05) is 0 Å². The van der Waals surface area contributed by atoms with Gasteiger partial charge in [0.1, 0.15) is 22.6 Å². The third kappa shape index (κ3) is 3.03. The number of esters is 1. The number of nitrogen functional groups attached to an aromatic ring is 2. The highest BCUT2D eigenvalue weighted by molar-refractivity contribution is 5.97. The Balaban J connectivity index is 2.38. The number of carbonyl (C=O) groups excluding carboxylic acids is 1. The van der Waals surface area contributed by atoms with E-state index in [4.69, 9.17) is 21.3 Å². The van der Waals surface area contributed by atoms with E-state index in [-0.39, 0.29) is 34.0 Å². The third-order valence-electron chi connectivity index (χ3n) is 2.68. The molecular weight excluding hydrogens is 276 g/mol. The van der Waals surface area contributed by atoms with Crippen LogP contribution in [0.4, 0.5) is 11.4 Å². The highest BCUT2D eigenvalue weighted by Gasteiger charge is 2.18. The van der Waals surface area contributed by atoms with Crippen LogP contribution in [-0.2, 0) is 0 Å². The van der Waals surface area contributed by atoms with Gasteiger partial charge < -0.3 is 26.4 Å². The van der Waals surface area contributed by atoms with Crippen molar-refractivity contribution in [1.29, 1.82) is 0 Å². The van der Waals surface area contributed by atoms with E-state index in [1.807, 2.05) is 0 Å². The van der Waals surface area contributed by atoms with Crippen molar-refractivity contribution in [1.82, 2.24) is 0 Å². The van der Waals surface area contributed by atoms with Crippen LogP contribution >= 0.6 is 0 Å². The summed E-state index contributed by atoms with van der Waals surface area (Å²) in [6.07, 6.45) is 0. The fourth-order valence-corrected chi connectivity index (χ4v) is 1.67. The molecule has 7 heteroatoms. The quantitative estimate of drug-likeness (QED) is 0.290. The lowest BCUT2D eigenvalue weighted by Gasteiger charge is -2.09. The minimum atomic E-state index is -1.27. The van der Waals surface area contributed by atoms with Gasteiger partial charge in [0.15, 0.2) is 0 Å². The summed E-state index contributed by atoms with van der Waals surface area (Å²) in [5.74, 6) is -2.74. The van der Waals surface area contributed by atoms with Crippen LogP contribution < -0.4 is 16.2 Å². The molecule has 21 heavy (non-hydrogen) atoms. The van der Waals surface area contributed by atoms with Gasteiger partial charge in [0.05, 0.1) is 0 Å². The molecule has 0 heterocycles. The van der Waals surface area contributed by atoms with Crippen molar-refractivity contribution in [2.45, 2.75) is 0 Å². The van der Waals surface area contributed by atoms with Crippen LogP contribution in [0.15, 0.2) is 36.4 Å². The normalized spacial score (nSPS) is 10.1. The summed E-state index contributed by atoms with van der Waals surface area (Å²) >= 11 is 0. The number of hydrogen-bond donors (Lipinski definition) is 4. The van der Waals surface area contributed by atoms with Crippen LogP contribution in [0.2, 0.25) is 0 Å². The van der Waals surface area contributed by atoms with Crippen LogP contribution in [-0.4, -0.2) is 22.2 Å². The van der Waals surface area contributed by atoms with E-state index in [1.165, 1.54) is 36.4 Å². The minimum absolute atomic E-state index is 0.172. The molecule has 0 saturated carbocycles. The molecule has 0 amide bonds. The number of carboxylic acid groups (broad SMARTS) is 1. The van der Waals surface area contributed by atoms with Crippen LogP contribution in [0.5, 0.6) is 11.5 Å². The molecule has 0 aliphatic carbocycles. The van der Waals surface area contributed by atoms with E-state index in [0.717, 1.165) is 0 Å². The van der Waals surface area contributed by atoms with Crippen LogP contribution in [0.3, 0.4) is 0 Å². The molecule has 7 nitrogen and oxygen atoms in total. The number of aromatic hydroxyl groups is 1. The van der Waals surface area contributed by atoms with Crippen molar-refractivity contribution in [3.05, 3.63) is 47.5 Å². The van der Waals surface area contributed by atoms with E-state index < -0.39 is 11.9 Å². The Morgan fingerprint density at radius 1 is 0.952 bits per heavy atom. The molecule has 0 atom stereocenters. The maximum absolute atomic E-state index is 12.0. The standard InChI is InChI=1S/C14H12N2O5/c15-7-2-4-11(17)10(5-7)14(20)21-12-6-8(16)1-3-9(12)13(18)19/h1-6,17H,15-16H2,(H,18,19). The molecule has 0 spiro atoms. The fourth-order valence-electron chi connectivity index (χ4n) is 1.67. The van der Waals surface area contributed by atoms with Crippen molar-refractivity contribution in [3.8, 4) is 11.5 Å². The van der Waals surface area contributed by atoms with E-state index >= 15 is 0 Å². The van der Waals surface area contributed by atoms with Crippen LogP contribution in [0, 0.1) is 0 Å². The van der Waals surface area contributed by atoms with Gasteiger partial charge in [-0.15, -0.1) is 0 Å². The average molecular weight is 288 g/mol. The number of anilines is 2. The lowest BCUT2D eigenvalue weighted by molar-refractivity contribution is 0.0681. The maximum atomic E-state index is 12.0. The zero-order valence-corrected chi connectivity index (χ0v) is 10.7. The Kier molecular flexibility index (Phi) is 3.66. The Hall–Kier alpha value is -3.22. The summed E-state index contributed by atoms with van der Waals surface area (Å²) in [4.78, 5) is 23.1. The van der Waals surface area contributed by atoms with Gasteiger partial charge >= 0.3 is 11.9 Å². The second-order valence-corrected chi connectivity index (χ2v) is 4.23. The Bertz CT molecular complexity index is 727. The second kappa shape index (κ2) is 5.41. The van der Waals surface area contributed by atoms with Crippen LogP contribution in [0.1, 0.15) is 20.7 Å². The van der Waals surface area contributed by atoms with Crippen molar-refractivity contribution in [2.75, 3.05) is 11.5 Å². The first-order chi connectivity index (χ1) is 9.88. The number of ether oxygens (including phenoxy) is 1. The first-order valence-electron chi connectivity index (χ1n) is 5.82. The number of rotatable bonds is 3. The summed E-state index contributed by atoms with van der Waals surface area (Å²) in [6.45, 7) is 0. The number of aromatic carboxylic acids is 1. The molecule has 0 radical (unpaired) electrons. The first-order valence-corrected chi connectivity index (χ1v) is 5.82. The summed E-state index contributed by atoms with van der Waals surface area (Å²) in [5, 5.41) is 18.7. The molecule has 2 rings (SSSR count). The summed E-state index contributed by atoms with van der Waals surface area (Å²) in [5.41, 5.74) is 11.2. The Morgan fingerprint density at radius 2 is 1.57 bits per heavy atom. The minimum Gasteiger partial charge on any atom is -0.507 e. The molecule has 0 bridgehead atoms. The topological polar surface area (TPSA) is 136 Å². The zero-order valence-electron chi connectivity index (χ0n) is 10.7. The van der Waals surface area contributed by atoms with E-state index in [2.05, 4.69) is 0 Å². The first kappa shape index (κ1) is 14.2.